The molecule has 0 spiro atoms. The van der Waals surface area contributed by atoms with Crippen molar-refractivity contribution in [2.75, 3.05) is 12.3 Å². The molecule has 2 aromatic rings. The molecule has 2 N–H and O–H groups in total. The number of nitrogen functional groups attached to an aromatic ring is 1. The molecule has 0 bridgehead atoms. The maximum atomic E-state index is 12.9. The fraction of sp³-hybridized carbons (Fsp3) is 0.600. The number of hydrogen-bond acceptors (Lipinski definition) is 7. The number of ether oxygens (including phenoxy) is 2. The number of anilines is 1. The third-order valence-corrected chi connectivity index (χ3v) is 4.04. The van der Waals surface area contributed by atoms with E-state index in [0.29, 0.717) is 30.7 Å². The largest absolute Gasteiger partial charge is 0.458 e. The Morgan fingerprint density at radius 1 is 1.54 bits per heavy atom. The Labute approximate surface area is 138 Å². The summed E-state index contributed by atoms with van der Waals surface area (Å²) in [5.41, 5.74) is 6.42. The van der Waals surface area contributed by atoms with Gasteiger partial charge in [0.1, 0.15) is 11.6 Å². The minimum atomic E-state index is -0.707. The molecule has 0 saturated carbocycles. The van der Waals surface area contributed by atoms with E-state index in [-0.39, 0.29) is 11.6 Å². The van der Waals surface area contributed by atoms with E-state index in [2.05, 4.69) is 16.9 Å². The van der Waals surface area contributed by atoms with E-state index in [9.17, 15) is 9.59 Å². The van der Waals surface area contributed by atoms with E-state index >= 15 is 0 Å². The molecule has 2 atom stereocenters. The van der Waals surface area contributed by atoms with Crippen LogP contribution in [0.4, 0.5) is 5.95 Å². The monoisotopic (exact) mass is 335 g/mol. The topological polar surface area (TPSA) is 114 Å². The van der Waals surface area contributed by atoms with E-state index in [4.69, 9.17) is 15.2 Å². The number of nitrogens with two attached hydrogens (primary N) is 1. The molecule has 3 heterocycles. The second-order valence-corrected chi connectivity index (χ2v) is 5.79. The Balaban J connectivity index is 2.12. The number of fused-ring (bicyclic) bond motifs is 1. The number of unbranched alkanes of at least 4 members (excludes halogenated alkanes) is 1. The Morgan fingerprint density at radius 2 is 2.33 bits per heavy atom. The van der Waals surface area contributed by atoms with Crippen molar-refractivity contribution in [1.82, 2.24) is 19.1 Å². The lowest BCUT2D eigenvalue weighted by molar-refractivity contribution is -0.151. The van der Waals surface area contributed by atoms with Crippen molar-refractivity contribution in [3.05, 3.63) is 16.7 Å². The highest BCUT2D eigenvalue weighted by molar-refractivity contribution is 5.72. The molecule has 1 aliphatic heterocycles. The van der Waals surface area contributed by atoms with Crippen molar-refractivity contribution in [1.29, 1.82) is 0 Å². The number of carbonyl (C=O) groups excluding carboxylic acids is 1. The summed E-state index contributed by atoms with van der Waals surface area (Å²) in [4.78, 5) is 32.4. The van der Waals surface area contributed by atoms with Crippen LogP contribution in [0.15, 0.2) is 11.0 Å². The van der Waals surface area contributed by atoms with Gasteiger partial charge in [0.05, 0.1) is 12.8 Å². The zero-order chi connectivity index (χ0) is 17.3. The third kappa shape index (κ3) is 2.86. The van der Waals surface area contributed by atoms with Crippen LogP contribution in [0.25, 0.3) is 11.2 Å². The Kier molecular flexibility index (Phi) is 4.52. The highest BCUT2D eigenvalue weighted by Gasteiger charge is 2.36. The van der Waals surface area contributed by atoms with Gasteiger partial charge in [-0.3, -0.25) is 9.36 Å². The number of hydrogen-bond donors (Lipinski definition) is 1. The summed E-state index contributed by atoms with van der Waals surface area (Å²) in [7, 11) is 0. The summed E-state index contributed by atoms with van der Waals surface area (Å²) in [6.07, 6.45) is 2.63. The second kappa shape index (κ2) is 6.60. The summed E-state index contributed by atoms with van der Waals surface area (Å²) < 4.78 is 14.0. The first kappa shape index (κ1) is 16.4. The zero-order valence-corrected chi connectivity index (χ0v) is 13.8. The molecule has 9 nitrogen and oxygen atoms in total. The average molecular weight is 335 g/mol. The lowest BCUT2D eigenvalue weighted by Crippen LogP contribution is -2.33. The van der Waals surface area contributed by atoms with Gasteiger partial charge in [-0.05, 0) is 6.42 Å². The molecule has 3 rings (SSSR count). The SMILES string of the molecule is CCCCn1c(=O)n(C2OCCC2OC(C)=O)c2nc(N)ncc21. The van der Waals surface area contributed by atoms with Gasteiger partial charge in [-0.25, -0.2) is 14.3 Å². The quantitative estimate of drug-likeness (QED) is 0.805. The summed E-state index contributed by atoms with van der Waals surface area (Å²) in [6, 6.07) is 0. The summed E-state index contributed by atoms with van der Waals surface area (Å²) >= 11 is 0. The molecule has 130 valence electrons. The van der Waals surface area contributed by atoms with Gasteiger partial charge < -0.3 is 15.2 Å². The highest BCUT2D eigenvalue weighted by Crippen LogP contribution is 2.28. The first-order valence-corrected chi connectivity index (χ1v) is 8.05. The number of imidazole rings is 1. The zero-order valence-electron chi connectivity index (χ0n) is 13.8. The van der Waals surface area contributed by atoms with Gasteiger partial charge in [-0.2, -0.15) is 4.98 Å². The minimum absolute atomic E-state index is 0.0749. The molecule has 24 heavy (non-hydrogen) atoms. The van der Waals surface area contributed by atoms with Crippen LogP contribution in [0, 0.1) is 0 Å². The number of nitrogens with zero attached hydrogens (tertiary/aromatic N) is 4. The predicted molar refractivity (Wildman–Crippen MR) is 86.3 cm³/mol. The number of rotatable bonds is 5. The van der Waals surface area contributed by atoms with Crippen LogP contribution < -0.4 is 11.4 Å². The van der Waals surface area contributed by atoms with Crippen molar-refractivity contribution in [2.45, 2.75) is 52.0 Å². The molecule has 0 amide bonds. The van der Waals surface area contributed by atoms with Gasteiger partial charge in [0, 0.05) is 19.9 Å². The van der Waals surface area contributed by atoms with Gasteiger partial charge in [-0.15, -0.1) is 0 Å². The Bertz CT molecular complexity index is 812. The number of esters is 1. The molecule has 0 radical (unpaired) electrons. The fourth-order valence-corrected chi connectivity index (χ4v) is 2.96. The highest BCUT2D eigenvalue weighted by atomic mass is 16.6. The van der Waals surface area contributed by atoms with Crippen molar-refractivity contribution in [2.24, 2.45) is 0 Å². The first-order valence-electron chi connectivity index (χ1n) is 8.05. The van der Waals surface area contributed by atoms with Crippen LogP contribution in [0.3, 0.4) is 0 Å². The minimum Gasteiger partial charge on any atom is -0.458 e. The van der Waals surface area contributed by atoms with Crippen LogP contribution in [0.5, 0.6) is 0 Å². The molecule has 1 saturated heterocycles. The number of aromatic nitrogens is 4. The maximum absolute atomic E-state index is 12.9. The molecule has 2 unspecified atom stereocenters. The van der Waals surface area contributed by atoms with Crippen LogP contribution in [-0.4, -0.2) is 37.8 Å². The molecular formula is C15H21N5O4. The summed E-state index contributed by atoms with van der Waals surface area (Å²) in [5.74, 6) is -0.335. The molecule has 2 aromatic heterocycles. The first-order chi connectivity index (χ1) is 11.5. The van der Waals surface area contributed by atoms with Gasteiger partial charge >= 0.3 is 11.7 Å². The van der Waals surface area contributed by atoms with Gasteiger partial charge in [0.2, 0.25) is 5.95 Å². The lowest BCUT2D eigenvalue weighted by atomic mass is 10.2. The normalized spacial score (nSPS) is 20.6. The third-order valence-electron chi connectivity index (χ3n) is 4.04. The van der Waals surface area contributed by atoms with Gasteiger partial charge in [0.15, 0.2) is 11.9 Å². The lowest BCUT2D eigenvalue weighted by Gasteiger charge is -2.19. The standard InChI is InChI=1S/C15H21N5O4/c1-3-4-6-19-10-8-17-14(16)18-12(10)20(15(19)22)13-11(5-7-23-13)24-9(2)21/h8,11,13H,3-7H2,1-2H3,(H2,16,17,18). The van der Waals surface area contributed by atoms with Crippen molar-refractivity contribution >= 4 is 23.1 Å². The van der Waals surface area contributed by atoms with Gasteiger partial charge in [0.25, 0.3) is 0 Å². The van der Waals surface area contributed by atoms with Crippen LogP contribution in [0.2, 0.25) is 0 Å². The van der Waals surface area contributed by atoms with Crippen LogP contribution >= 0.6 is 0 Å². The van der Waals surface area contributed by atoms with E-state index in [1.807, 2.05) is 0 Å². The molecule has 0 aromatic carbocycles. The van der Waals surface area contributed by atoms with Crippen molar-refractivity contribution < 1.29 is 14.3 Å². The maximum Gasteiger partial charge on any atom is 0.332 e. The van der Waals surface area contributed by atoms with Crippen molar-refractivity contribution in [3.63, 3.8) is 0 Å². The second-order valence-electron chi connectivity index (χ2n) is 5.79. The Morgan fingerprint density at radius 3 is 3.04 bits per heavy atom. The molecule has 9 heteroatoms. The van der Waals surface area contributed by atoms with E-state index in [1.54, 1.807) is 10.8 Å². The molecule has 1 fully saturated rings. The summed E-state index contributed by atoms with van der Waals surface area (Å²) in [5, 5.41) is 0. The van der Waals surface area contributed by atoms with E-state index in [0.717, 1.165) is 12.8 Å². The van der Waals surface area contributed by atoms with Crippen molar-refractivity contribution in [3.8, 4) is 0 Å². The van der Waals surface area contributed by atoms with Crippen LogP contribution in [0.1, 0.15) is 39.3 Å². The predicted octanol–water partition coefficient (Wildman–Crippen LogP) is 0.826. The number of aryl methyl sites for hydroxylation is 1. The smallest absolute Gasteiger partial charge is 0.332 e. The van der Waals surface area contributed by atoms with E-state index in [1.165, 1.54) is 11.5 Å². The van der Waals surface area contributed by atoms with Gasteiger partial charge in [-0.1, -0.05) is 13.3 Å². The molecule has 0 aliphatic carbocycles. The van der Waals surface area contributed by atoms with Crippen LogP contribution in [-0.2, 0) is 20.8 Å². The average Bonchev–Trinajstić information content (AvgIpc) is 3.06. The fourth-order valence-electron chi connectivity index (χ4n) is 2.96. The summed E-state index contributed by atoms with van der Waals surface area (Å²) in [6.45, 7) is 4.34. The molecular weight excluding hydrogens is 314 g/mol. The number of carbonyl (C=O) groups is 1. The molecule has 1 aliphatic rings. The van der Waals surface area contributed by atoms with E-state index < -0.39 is 18.3 Å². The Hall–Kier alpha value is -2.42.